The largest absolute Gasteiger partial charge is 0.378 e. The van der Waals surface area contributed by atoms with Gasteiger partial charge in [0.2, 0.25) is 0 Å². The van der Waals surface area contributed by atoms with Gasteiger partial charge in [-0.25, -0.2) is 9.98 Å². The van der Waals surface area contributed by atoms with E-state index in [0.29, 0.717) is 0 Å². The van der Waals surface area contributed by atoms with Crippen molar-refractivity contribution in [3.05, 3.63) is 48.5 Å². The topological polar surface area (TPSA) is 73.7 Å². The maximum absolute atomic E-state index is 5.45. The number of nitrogens with zero attached hydrogens (tertiary/aromatic N) is 4. The van der Waals surface area contributed by atoms with Gasteiger partial charge in [0.25, 0.3) is 0 Å². The summed E-state index contributed by atoms with van der Waals surface area (Å²) in [5.74, 6) is 2.27. The summed E-state index contributed by atoms with van der Waals surface area (Å²) in [6, 6.07) is 16.9. The number of rotatable bonds is 4. The highest BCUT2D eigenvalue weighted by atomic mass is 16.5. The van der Waals surface area contributed by atoms with Gasteiger partial charge in [0.05, 0.1) is 49.2 Å². The molecule has 0 aliphatic carbocycles. The lowest BCUT2D eigenvalue weighted by atomic mass is 10.1. The molecule has 0 aromatic heterocycles. The van der Waals surface area contributed by atoms with Crippen LogP contribution in [0, 0.1) is 0 Å². The summed E-state index contributed by atoms with van der Waals surface area (Å²) in [6.45, 7) is 9.16. The summed E-state index contributed by atoms with van der Waals surface area (Å²) in [4.78, 5) is 14.4. The summed E-state index contributed by atoms with van der Waals surface area (Å²) < 4.78 is 10.9. The first-order valence-corrected chi connectivity index (χ1v) is 14.8. The maximum atomic E-state index is 5.45. The Morgan fingerprint density at radius 2 is 1.00 bits per heavy atom. The number of para-hydroxylation sites is 4. The van der Waals surface area contributed by atoms with E-state index in [1.165, 1.54) is 43.5 Å². The molecule has 2 aromatic carbocycles. The molecule has 0 atom stereocenters. The van der Waals surface area contributed by atoms with Crippen molar-refractivity contribution in [2.45, 2.75) is 44.9 Å². The number of anilines is 2. The van der Waals surface area contributed by atoms with E-state index < -0.39 is 0 Å². The van der Waals surface area contributed by atoms with E-state index >= 15 is 0 Å². The van der Waals surface area contributed by atoms with E-state index in [9.17, 15) is 0 Å². The van der Waals surface area contributed by atoms with E-state index in [-0.39, 0.29) is 0 Å². The molecule has 39 heavy (non-hydrogen) atoms. The Labute approximate surface area is 233 Å². The molecular weight excluding hydrogens is 488 g/mol. The van der Waals surface area contributed by atoms with Crippen LogP contribution < -0.4 is 20.4 Å². The lowest BCUT2D eigenvalue weighted by Gasteiger charge is -2.29. The number of morpholine rings is 2. The van der Waals surface area contributed by atoms with Crippen LogP contribution in [0.1, 0.15) is 44.9 Å². The molecule has 4 heterocycles. The number of hydrogen-bond donors (Lipinski definition) is 2. The molecule has 8 nitrogen and oxygen atoms in total. The Bertz CT molecular complexity index is 1070. The standard InChI is InChI=1S/C17H25N3O.C14H19N3O/c1-2-6-10-18-17(9-3-1)19-15-7-4-5-8-16(15)20-11-13-21-14-12-20;1-2-5-13(17-8-10-18-11-9-17)12(4-1)16-14-6-3-7-15-14/h4-5,7-8H,1-3,6,9-14H2,(H,18,19);1-2,4-5H,3,6-11H2,(H,15,16). The normalized spacial score (nSPS) is 22.4. The summed E-state index contributed by atoms with van der Waals surface area (Å²) >= 11 is 0. The molecule has 6 rings (SSSR count). The molecule has 2 N–H and O–H groups in total. The lowest BCUT2D eigenvalue weighted by Crippen LogP contribution is -2.36. The zero-order chi connectivity index (χ0) is 26.5. The molecular formula is C31H44N6O2. The second-order valence-electron chi connectivity index (χ2n) is 10.4. The first-order valence-electron chi connectivity index (χ1n) is 14.8. The Morgan fingerprint density at radius 3 is 1.54 bits per heavy atom. The van der Waals surface area contributed by atoms with Crippen molar-refractivity contribution in [1.29, 1.82) is 0 Å². The molecule has 2 aromatic rings. The van der Waals surface area contributed by atoms with Gasteiger partial charge in [-0.05, 0) is 43.5 Å². The van der Waals surface area contributed by atoms with Gasteiger partial charge in [0.15, 0.2) is 0 Å². The molecule has 0 radical (unpaired) electrons. The van der Waals surface area contributed by atoms with Gasteiger partial charge in [-0.1, -0.05) is 37.1 Å². The summed E-state index contributed by atoms with van der Waals surface area (Å²) in [5, 5.41) is 6.85. The lowest BCUT2D eigenvalue weighted by molar-refractivity contribution is 0.122. The van der Waals surface area contributed by atoms with Crippen LogP contribution in [0.25, 0.3) is 0 Å². The molecule has 4 aliphatic rings. The van der Waals surface area contributed by atoms with Crippen LogP contribution in [0.15, 0.2) is 58.5 Å². The fourth-order valence-corrected chi connectivity index (χ4v) is 5.41. The highest BCUT2D eigenvalue weighted by molar-refractivity contribution is 5.88. The van der Waals surface area contributed by atoms with Crippen LogP contribution in [-0.4, -0.2) is 77.4 Å². The number of benzene rings is 2. The minimum absolute atomic E-state index is 0.809. The highest BCUT2D eigenvalue weighted by Gasteiger charge is 2.16. The second kappa shape index (κ2) is 14.9. The molecule has 4 fully saturated rings. The van der Waals surface area contributed by atoms with E-state index in [2.05, 4.69) is 69.0 Å². The zero-order valence-electron chi connectivity index (χ0n) is 23.2. The SMILES string of the molecule is c1ccc(N2CCOCC2)c(N=C2CCCCCCN2)c1.c1ccc(N2CCOCC2)c(N=C2CCCN2)c1. The predicted molar refractivity (Wildman–Crippen MR) is 161 cm³/mol. The summed E-state index contributed by atoms with van der Waals surface area (Å²) in [7, 11) is 0. The quantitative estimate of drug-likeness (QED) is 0.575. The van der Waals surface area contributed by atoms with Crippen LogP contribution >= 0.6 is 0 Å². The van der Waals surface area contributed by atoms with Crippen LogP contribution in [0.5, 0.6) is 0 Å². The smallest absolute Gasteiger partial charge is 0.102 e. The van der Waals surface area contributed by atoms with Gasteiger partial charge in [0.1, 0.15) is 11.7 Å². The number of aliphatic imine (C=N–C) groups is 2. The first kappa shape index (κ1) is 27.5. The van der Waals surface area contributed by atoms with Crippen molar-refractivity contribution in [1.82, 2.24) is 10.6 Å². The fourth-order valence-electron chi connectivity index (χ4n) is 5.41. The third kappa shape index (κ3) is 8.19. The number of nitrogens with one attached hydrogen (secondary N) is 2. The molecule has 0 amide bonds. The molecule has 0 bridgehead atoms. The van der Waals surface area contributed by atoms with Crippen molar-refractivity contribution < 1.29 is 9.47 Å². The van der Waals surface area contributed by atoms with E-state index in [4.69, 9.17) is 19.5 Å². The van der Waals surface area contributed by atoms with Crippen LogP contribution in [0.3, 0.4) is 0 Å². The predicted octanol–water partition coefficient (Wildman–Crippen LogP) is 5.04. The summed E-state index contributed by atoms with van der Waals surface area (Å²) in [5.41, 5.74) is 4.62. The van der Waals surface area contributed by atoms with Crippen LogP contribution in [-0.2, 0) is 9.47 Å². The Hall–Kier alpha value is -3.10. The second-order valence-corrected chi connectivity index (χ2v) is 10.4. The third-order valence-electron chi connectivity index (χ3n) is 7.57. The van der Waals surface area contributed by atoms with E-state index in [1.807, 2.05) is 0 Å². The van der Waals surface area contributed by atoms with Gasteiger partial charge >= 0.3 is 0 Å². The molecule has 0 saturated carbocycles. The molecule has 0 unspecified atom stereocenters. The van der Waals surface area contributed by atoms with Gasteiger partial charge in [-0.15, -0.1) is 0 Å². The van der Waals surface area contributed by atoms with Crippen molar-refractivity contribution in [2.24, 2.45) is 9.98 Å². The molecule has 4 saturated heterocycles. The number of hydrogen-bond acceptors (Lipinski definition) is 6. The fraction of sp³-hybridized carbons (Fsp3) is 0.548. The van der Waals surface area contributed by atoms with Gasteiger partial charge in [-0.2, -0.15) is 0 Å². The highest BCUT2D eigenvalue weighted by Crippen LogP contribution is 2.30. The number of ether oxygens (including phenoxy) is 2. The minimum atomic E-state index is 0.809. The van der Waals surface area contributed by atoms with Gasteiger partial charge in [-0.3, -0.25) is 0 Å². The molecule has 8 heteroatoms. The van der Waals surface area contributed by atoms with E-state index in [1.54, 1.807) is 0 Å². The van der Waals surface area contributed by atoms with Crippen molar-refractivity contribution in [2.75, 3.05) is 75.5 Å². The van der Waals surface area contributed by atoms with Crippen molar-refractivity contribution >= 4 is 34.4 Å². The van der Waals surface area contributed by atoms with Gasteiger partial charge in [0, 0.05) is 52.1 Å². The molecule has 0 spiro atoms. The van der Waals surface area contributed by atoms with Crippen LogP contribution in [0.4, 0.5) is 22.7 Å². The zero-order valence-corrected chi connectivity index (χ0v) is 23.2. The van der Waals surface area contributed by atoms with Gasteiger partial charge < -0.3 is 29.9 Å². The molecule has 210 valence electrons. The maximum Gasteiger partial charge on any atom is 0.102 e. The molecule has 4 aliphatic heterocycles. The van der Waals surface area contributed by atoms with Crippen LogP contribution in [0.2, 0.25) is 0 Å². The average molecular weight is 533 g/mol. The monoisotopic (exact) mass is 532 g/mol. The first-order chi connectivity index (χ1) is 19.4. The number of amidine groups is 2. The van der Waals surface area contributed by atoms with Crippen molar-refractivity contribution in [3.8, 4) is 0 Å². The van der Waals surface area contributed by atoms with E-state index in [0.717, 1.165) is 102 Å². The summed E-state index contributed by atoms with van der Waals surface area (Å²) in [6.07, 6.45) is 8.49. The average Bonchev–Trinajstić information content (AvgIpc) is 3.49. The Kier molecular flexibility index (Phi) is 10.5. The Morgan fingerprint density at radius 1 is 0.538 bits per heavy atom. The Balaban J connectivity index is 0.000000160. The third-order valence-corrected chi connectivity index (χ3v) is 7.57. The van der Waals surface area contributed by atoms with Crippen molar-refractivity contribution in [3.63, 3.8) is 0 Å². The minimum Gasteiger partial charge on any atom is -0.378 e.